The van der Waals surface area contributed by atoms with Gasteiger partial charge < -0.3 is 10.6 Å². The summed E-state index contributed by atoms with van der Waals surface area (Å²) in [4.78, 5) is 2.52. The molecule has 1 fully saturated rings. The molecular weight excluding hydrogens is 251 g/mol. The predicted molar refractivity (Wildman–Crippen MR) is 82.2 cm³/mol. The Morgan fingerprint density at radius 2 is 1.90 bits per heavy atom. The van der Waals surface area contributed by atoms with Crippen molar-refractivity contribution in [2.24, 2.45) is 17.6 Å². The topological polar surface area (TPSA) is 29.3 Å². The van der Waals surface area contributed by atoms with E-state index in [0.29, 0.717) is 18.4 Å². The van der Waals surface area contributed by atoms with Crippen LogP contribution in [0.5, 0.6) is 0 Å². The molecule has 1 aromatic carbocycles. The molecule has 1 saturated heterocycles. The monoisotopic (exact) mass is 278 g/mol. The Labute approximate surface area is 122 Å². The molecule has 2 N–H and O–H groups in total. The van der Waals surface area contributed by atoms with Crippen molar-refractivity contribution in [2.75, 3.05) is 26.2 Å². The summed E-state index contributed by atoms with van der Waals surface area (Å²) in [7, 11) is 0. The number of nitrogens with two attached hydrogens (primary N) is 1. The summed E-state index contributed by atoms with van der Waals surface area (Å²) >= 11 is 0. The molecule has 0 saturated carbocycles. The molecule has 1 heterocycles. The van der Waals surface area contributed by atoms with Gasteiger partial charge in [-0.1, -0.05) is 32.0 Å². The zero-order valence-corrected chi connectivity index (χ0v) is 12.7. The summed E-state index contributed by atoms with van der Waals surface area (Å²) in [5.41, 5.74) is 6.74. The van der Waals surface area contributed by atoms with Crippen molar-refractivity contribution in [3.63, 3.8) is 0 Å². The molecule has 112 valence electrons. The normalized spacial score (nSPS) is 19.4. The molecule has 1 atom stereocenters. The van der Waals surface area contributed by atoms with Gasteiger partial charge in [-0.05, 0) is 55.9 Å². The van der Waals surface area contributed by atoms with Crippen molar-refractivity contribution >= 4 is 0 Å². The third-order valence-corrected chi connectivity index (χ3v) is 4.38. The Balaban J connectivity index is 1.99. The predicted octanol–water partition coefficient (Wildman–Crippen LogP) is 3.24. The second-order valence-corrected chi connectivity index (χ2v) is 6.40. The summed E-state index contributed by atoms with van der Waals surface area (Å²) in [5.74, 6) is 1.29. The van der Waals surface area contributed by atoms with E-state index in [-0.39, 0.29) is 11.7 Å². The molecule has 3 heteroatoms. The van der Waals surface area contributed by atoms with Gasteiger partial charge in [-0.2, -0.15) is 0 Å². The number of halogens is 1. The van der Waals surface area contributed by atoms with E-state index in [1.807, 2.05) is 12.1 Å². The number of rotatable bonds is 5. The smallest absolute Gasteiger partial charge is 0.126 e. The molecule has 2 nitrogen and oxygen atoms in total. The van der Waals surface area contributed by atoms with Gasteiger partial charge in [-0.15, -0.1) is 0 Å². The highest BCUT2D eigenvalue weighted by atomic mass is 19.1. The summed E-state index contributed by atoms with van der Waals surface area (Å²) in [6, 6.07) is 7.10. The van der Waals surface area contributed by atoms with E-state index >= 15 is 0 Å². The maximum absolute atomic E-state index is 14.0. The van der Waals surface area contributed by atoms with Gasteiger partial charge in [0.15, 0.2) is 0 Å². The van der Waals surface area contributed by atoms with Gasteiger partial charge in [0, 0.05) is 12.5 Å². The van der Waals surface area contributed by atoms with Gasteiger partial charge in [0.2, 0.25) is 0 Å². The molecule has 0 aromatic heterocycles. The number of hydrogen-bond donors (Lipinski definition) is 1. The van der Waals surface area contributed by atoms with Crippen LogP contribution in [0.15, 0.2) is 24.3 Å². The number of benzene rings is 1. The van der Waals surface area contributed by atoms with Crippen molar-refractivity contribution < 1.29 is 4.39 Å². The van der Waals surface area contributed by atoms with Gasteiger partial charge in [0.1, 0.15) is 5.82 Å². The minimum absolute atomic E-state index is 0.104. The number of likely N-dealkylation sites (tertiary alicyclic amines) is 1. The van der Waals surface area contributed by atoms with Crippen LogP contribution >= 0.6 is 0 Å². The second kappa shape index (κ2) is 7.19. The lowest BCUT2D eigenvalue weighted by Crippen LogP contribution is -2.39. The van der Waals surface area contributed by atoms with E-state index < -0.39 is 0 Å². The average molecular weight is 278 g/mol. The molecule has 0 bridgehead atoms. The number of hydrogen-bond acceptors (Lipinski definition) is 2. The Bertz CT molecular complexity index is 411. The van der Waals surface area contributed by atoms with Crippen LogP contribution in [0.4, 0.5) is 4.39 Å². The summed E-state index contributed by atoms with van der Waals surface area (Å²) in [6.45, 7) is 8.46. The minimum Gasteiger partial charge on any atom is -0.330 e. The Morgan fingerprint density at radius 3 is 2.45 bits per heavy atom. The molecule has 20 heavy (non-hydrogen) atoms. The first-order chi connectivity index (χ1) is 9.61. The van der Waals surface area contributed by atoms with Crippen molar-refractivity contribution in [3.05, 3.63) is 35.6 Å². The zero-order valence-electron chi connectivity index (χ0n) is 12.7. The molecule has 0 radical (unpaired) electrons. The Hall–Kier alpha value is -0.930. The Morgan fingerprint density at radius 1 is 1.25 bits per heavy atom. The first-order valence-electron chi connectivity index (χ1n) is 7.78. The van der Waals surface area contributed by atoms with Crippen molar-refractivity contribution in [2.45, 2.75) is 32.6 Å². The fourth-order valence-electron chi connectivity index (χ4n) is 3.40. The molecule has 1 aliphatic rings. The largest absolute Gasteiger partial charge is 0.330 e. The van der Waals surface area contributed by atoms with E-state index in [2.05, 4.69) is 18.7 Å². The third kappa shape index (κ3) is 3.80. The lowest BCUT2D eigenvalue weighted by molar-refractivity contribution is 0.154. The van der Waals surface area contributed by atoms with Crippen LogP contribution in [0.2, 0.25) is 0 Å². The molecule has 0 aliphatic carbocycles. The maximum Gasteiger partial charge on any atom is 0.126 e. The summed E-state index contributed by atoms with van der Waals surface area (Å²) in [5, 5.41) is 0. The van der Waals surface area contributed by atoms with Crippen molar-refractivity contribution in [1.29, 1.82) is 0 Å². The molecule has 1 aliphatic heterocycles. The lowest BCUT2D eigenvalue weighted by Gasteiger charge is -2.36. The fourth-order valence-corrected chi connectivity index (χ4v) is 3.40. The summed E-state index contributed by atoms with van der Waals surface area (Å²) in [6.07, 6.45) is 2.26. The lowest BCUT2D eigenvalue weighted by atomic mass is 9.80. The first-order valence-corrected chi connectivity index (χ1v) is 7.78. The van der Waals surface area contributed by atoms with Crippen LogP contribution in [0.1, 0.15) is 38.2 Å². The van der Waals surface area contributed by atoms with Gasteiger partial charge in [-0.3, -0.25) is 0 Å². The highest BCUT2D eigenvalue weighted by Crippen LogP contribution is 2.33. The summed E-state index contributed by atoms with van der Waals surface area (Å²) < 4.78 is 14.0. The van der Waals surface area contributed by atoms with Crippen LogP contribution in [0.25, 0.3) is 0 Å². The first kappa shape index (κ1) is 15.5. The van der Waals surface area contributed by atoms with E-state index in [4.69, 9.17) is 5.73 Å². The van der Waals surface area contributed by atoms with Crippen molar-refractivity contribution in [3.8, 4) is 0 Å². The van der Waals surface area contributed by atoms with Crippen LogP contribution < -0.4 is 5.73 Å². The molecule has 0 amide bonds. The molecule has 0 spiro atoms. The zero-order chi connectivity index (χ0) is 14.5. The average Bonchev–Trinajstić information content (AvgIpc) is 2.43. The van der Waals surface area contributed by atoms with Crippen LogP contribution in [0.3, 0.4) is 0 Å². The second-order valence-electron chi connectivity index (χ2n) is 6.40. The van der Waals surface area contributed by atoms with Crippen LogP contribution in [-0.4, -0.2) is 31.1 Å². The maximum atomic E-state index is 14.0. The highest BCUT2D eigenvalue weighted by molar-refractivity contribution is 5.23. The SMILES string of the molecule is CC(C)CN1CCC(C(CN)c2ccccc2F)CC1. The number of nitrogens with zero attached hydrogens (tertiary/aromatic N) is 1. The van der Waals surface area contributed by atoms with Gasteiger partial charge >= 0.3 is 0 Å². The molecule has 1 aromatic rings. The van der Waals surface area contributed by atoms with Crippen LogP contribution in [-0.2, 0) is 0 Å². The molecule has 1 unspecified atom stereocenters. The van der Waals surface area contributed by atoms with Crippen molar-refractivity contribution in [1.82, 2.24) is 4.90 Å². The fraction of sp³-hybridized carbons (Fsp3) is 0.647. The van der Waals surface area contributed by atoms with E-state index in [1.54, 1.807) is 12.1 Å². The molecular formula is C17H27FN2. The number of piperidine rings is 1. The highest BCUT2D eigenvalue weighted by Gasteiger charge is 2.28. The third-order valence-electron chi connectivity index (χ3n) is 4.38. The molecule has 2 rings (SSSR count). The van der Waals surface area contributed by atoms with E-state index in [1.165, 1.54) is 6.54 Å². The quantitative estimate of drug-likeness (QED) is 0.896. The Kier molecular flexibility index (Phi) is 5.55. The van der Waals surface area contributed by atoms with Gasteiger partial charge in [-0.25, -0.2) is 4.39 Å². The van der Waals surface area contributed by atoms with E-state index in [0.717, 1.165) is 31.5 Å². The standard InChI is InChI=1S/C17H27FN2/c1-13(2)12-20-9-7-14(8-10-20)16(11-19)15-5-3-4-6-17(15)18/h3-6,13-14,16H,7-12,19H2,1-2H3. The minimum atomic E-state index is -0.104. The van der Waals surface area contributed by atoms with Gasteiger partial charge in [0.25, 0.3) is 0 Å². The van der Waals surface area contributed by atoms with E-state index in [9.17, 15) is 4.39 Å². The van der Waals surface area contributed by atoms with Gasteiger partial charge in [0.05, 0.1) is 0 Å². The van der Waals surface area contributed by atoms with Crippen LogP contribution in [0, 0.1) is 17.7 Å².